The lowest BCUT2D eigenvalue weighted by Crippen LogP contribution is -2.28. The highest BCUT2D eigenvalue weighted by atomic mass is 15.0. The van der Waals surface area contributed by atoms with Gasteiger partial charge >= 0.3 is 0 Å². The molecular weight excluding hydrogens is 679 g/mol. The van der Waals surface area contributed by atoms with Crippen LogP contribution in [0.4, 0.5) is 0 Å². The lowest BCUT2D eigenvalue weighted by atomic mass is 9.67. The van der Waals surface area contributed by atoms with Gasteiger partial charge in [-0.15, -0.1) is 0 Å². The molecule has 0 saturated heterocycles. The fourth-order valence-corrected chi connectivity index (χ4v) is 8.14. The number of rotatable bonds is 8. The van der Waals surface area contributed by atoms with E-state index >= 15 is 0 Å². The number of amidine groups is 2. The number of aliphatic imine (C=N–C) groups is 3. The van der Waals surface area contributed by atoms with Gasteiger partial charge in [0.05, 0.1) is 12.0 Å². The smallest absolute Gasteiger partial charge is 0.161 e. The van der Waals surface area contributed by atoms with E-state index in [4.69, 9.17) is 9.98 Å². The first-order valence-electron chi connectivity index (χ1n) is 19.0. The van der Waals surface area contributed by atoms with Gasteiger partial charge in [0.2, 0.25) is 0 Å². The Morgan fingerprint density at radius 3 is 1.45 bits per heavy atom. The van der Waals surface area contributed by atoms with E-state index in [9.17, 15) is 0 Å². The molecule has 0 N–H and O–H groups in total. The first kappa shape index (κ1) is 34.5. The molecular formula is C53H39N3. The molecule has 0 aromatic heterocycles. The highest BCUT2D eigenvalue weighted by Gasteiger charge is 2.46. The van der Waals surface area contributed by atoms with Crippen molar-refractivity contribution in [3.05, 3.63) is 251 Å². The van der Waals surface area contributed by atoms with E-state index in [0.29, 0.717) is 18.2 Å². The molecule has 0 atom stereocenters. The second-order valence-electron chi connectivity index (χ2n) is 14.0. The summed E-state index contributed by atoms with van der Waals surface area (Å²) in [7, 11) is 0. The van der Waals surface area contributed by atoms with E-state index in [1.54, 1.807) is 0 Å². The normalized spacial score (nSPS) is 13.1. The molecule has 0 bridgehead atoms. The summed E-state index contributed by atoms with van der Waals surface area (Å²) in [5, 5.41) is 0. The highest BCUT2D eigenvalue weighted by molar-refractivity contribution is 6.13. The van der Waals surface area contributed by atoms with Crippen molar-refractivity contribution in [2.75, 3.05) is 0 Å². The van der Waals surface area contributed by atoms with Gasteiger partial charge in [-0.25, -0.2) is 9.98 Å². The summed E-state index contributed by atoms with van der Waals surface area (Å²) >= 11 is 0. The Balaban J connectivity index is 1.22. The third-order valence-corrected chi connectivity index (χ3v) is 10.8. The van der Waals surface area contributed by atoms with Gasteiger partial charge in [0, 0.05) is 11.1 Å². The first-order chi connectivity index (χ1) is 27.7. The molecule has 3 heteroatoms. The summed E-state index contributed by atoms with van der Waals surface area (Å²) < 4.78 is 0. The lowest BCUT2D eigenvalue weighted by Gasteiger charge is -2.34. The number of hydrogen-bond donors (Lipinski definition) is 0. The molecule has 0 amide bonds. The Hall–Kier alpha value is -7.23. The minimum atomic E-state index is -0.543. The van der Waals surface area contributed by atoms with Crippen molar-refractivity contribution in [3.8, 4) is 33.4 Å². The fraction of sp³-hybridized carbons (Fsp3) is 0.0377. The Kier molecular flexibility index (Phi) is 9.41. The zero-order chi connectivity index (χ0) is 37.7. The van der Waals surface area contributed by atoms with Gasteiger partial charge in [-0.3, -0.25) is 4.99 Å². The molecule has 0 unspecified atom stereocenters. The van der Waals surface area contributed by atoms with Crippen molar-refractivity contribution in [3.63, 3.8) is 0 Å². The molecule has 1 aliphatic rings. The SMILES string of the molecule is C=NC(=NC(=NCc1ccccc1)c1cccc(-c2ccc3c(c2)C(c2ccccc2)(c2ccccc2)c2cc(-c4ccccc4)ccc2-3)c1)c1ccccc1. The number of nitrogens with zero attached hydrogens (tertiary/aromatic N) is 3. The molecule has 0 aliphatic heterocycles. The van der Waals surface area contributed by atoms with Crippen LogP contribution in [0, 0.1) is 0 Å². The Morgan fingerprint density at radius 2 is 0.875 bits per heavy atom. The van der Waals surface area contributed by atoms with E-state index in [1.807, 2.05) is 48.5 Å². The maximum atomic E-state index is 5.07. The third kappa shape index (κ3) is 6.40. The average molecular weight is 718 g/mol. The fourth-order valence-electron chi connectivity index (χ4n) is 8.14. The quantitative estimate of drug-likeness (QED) is 0.111. The maximum Gasteiger partial charge on any atom is 0.161 e. The monoisotopic (exact) mass is 717 g/mol. The Labute approximate surface area is 328 Å². The molecule has 266 valence electrons. The van der Waals surface area contributed by atoms with Crippen molar-refractivity contribution >= 4 is 18.4 Å². The summed E-state index contributed by atoms with van der Waals surface area (Å²) in [6.45, 7) is 4.36. The largest absolute Gasteiger partial charge is 0.261 e. The maximum absolute atomic E-state index is 5.07. The highest BCUT2D eigenvalue weighted by Crippen LogP contribution is 2.57. The Bertz CT molecular complexity index is 2660. The van der Waals surface area contributed by atoms with Gasteiger partial charge in [0.25, 0.3) is 0 Å². The predicted molar refractivity (Wildman–Crippen MR) is 234 cm³/mol. The molecule has 1 aliphatic carbocycles. The first-order valence-corrected chi connectivity index (χ1v) is 19.0. The standard InChI is InChI=1S/C53H39N3/c1-54-51(40-22-11-4-12-23-40)56-52(55-37-38-18-7-2-8-19-38)44-25-17-24-41(34-44)43-31-33-48-47-32-30-42(39-20-9-3-10-21-39)35-49(47)53(50(48)36-43,45-26-13-5-14-27-45)46-28-15-6-16-29-46/h2-36H,1,37H2. The number of hydrogen-bond acceptors (Lipinski definition) is 1. The van der Waals surface area contributed by atoms with Crippen LogP contribution in [0.5, 0.6) is 0 Å². The van der Waals surface area contributed by atoms with Crippen molar-refractivity contribution in [2.45, 2.75) is 12.0 Å². The van der Waals surface area contributed by atoms with Gasteiger partial charge < -0.3 is 0 Å². The predicted octanol–water partition coefficient (Wildman–Crippen LogP) is 12.5. The van der Waals surface area contributed by atoms with Gasteiger partial charge in [-0.05, 0) is 86.1 Å². The molecule has 8 aromatic carbocycles. The van der Waals surface area contributed by atoms with Crippen LogP contribution in [0.2, 0.25) is 0 Å². The topological polar surface area (TPSA) is 37.1 Å². The van der Waals surface area contributed by atoms with Gasteiger partial charge in [0.1, 0.15) is 0 Å². The Morgan fingerprint density at radius 1 is 0.411 bits per heavy atom. The van der Waals surface area contributed by atoms with E-state index in [2.05, 4.69) is 176 Å². The molecule has 0 spiro atoms. The summed E-state index contributed by atoms with van der Waals surface area (Å²) in [4.78, 5) is 14.5. The number of benzene rings is 8. The molecule has 3 nitrogen and oxygen atoms in total. The zero-order valence-corrected chi connectivity index (χ0v) is 31.0. The molecule has 8 aromatic rings. The van der Waals surface area contributed by atoms with Crippen molar-refractivity contribution < 1.29 is 0 Å². The average Bonchev–Trinajstić information content (AvgIpc) is 3.58. The van der Waals surface area contributed by atoms with Crippen LogP contribution >= 0.6 is 0 Å². The zero-order valence-electron chi connectivity index (χ0n) is 31.0. The second-order valence-corrected chi connectivity index (χ2v) is 14.0. The van der Waals surface area contributed by atoms with E-state index in [1.165, 1.54) is 44.5 Å². The number of fused-ring (bicyclic) bond motifs is 3. The second kappa shape index (κ2) is 15.3. The van der Waals surface area contributed by atoms with E-state index in [0.717, 1.165) is 27.8 Å². The lowest BCUT2D eigenvalue weighted by molar-refractivity contribution is 0.769. The molecule has 0 fully saturated rings. The molecule has 56 heavy (non-hydrogen) atoms. The third-order valence-electron chi connectivity index (χ3n) is 10.8. The summed E-state index contributed by atoms with van der Waals surface area (Å²) in [5.41, 5.74) is 14.5. The molecule has 0 heterocycles. The summed E-state index contributed by atoms with van der Waals surface area (Å²) in [6.07, 6.45) is 0. The van der Waals surface area contributed by atoms with Gasteiger partial charge in [-0.1, -0.05) is 194 Å². The van der Waals surface area contributed by atoms with Crippen LogP contribution in [0.25, 0.3) is 33.4 Å². The molecule has 9 rings (SSSR count). The van der Waals surface area contributed by atoms with Crippen LogP contribution in [0.15, 0.2) is 227 Å². The van der Waals surface area contributed by atoms with Crippen LogP contribution in [0.3, 0.4) is 0 Å². The van der Waals surface area contributed by atoms with Crippen LogP contribution in [-0.4, -0.2) is 18.4 Å². The van der Waals surface area contributed by atoms with Gasteiger partial charge in [-0.2, -0.15) is 0 Å². The van der Waals surface area contributed by atoms with Crippen molar-refractivity contribution in [1.29, 1.82) is 0 Å². The van der Waals surface area contributed by atoms with Gasteiger partial charge in [0.15, 0.2) is 11.7 Å². The summed E-state index contributed by atoms with van der Waals surface area (Å²) in [6, 6.07) is 75.3. The van der Waals surface area contributed by atoms with Crippen LogP contribution in [-0.2, 0) is 12.0 Å². The van der Waals surface area contributed by atoms with Crippen molar-refractivity contribution in [1.82, 2.24) is 0 Å². The summed E-state index contributed by atoms with van der Waals surface area (Å²) in [5.74, 6) is 1.13. The molecule has 0 radical (unpaired) electrons. The molecule has 0 saturated carbocycles. The minimum absolute atomic E-state index is 0.488. The van der Waals surface area contributed by atoms with E-state index in [-0.39, 0.29) is 0 Å². The minimum Gasteiger partial charge on any atom is -0.261 e. The van der Waals surface area contributed by atoms with Crippen molar-refractivity contribution in [2.24, 2.45) is 15.0 Å². The van der Waals surface area contributed by atoms with E-state index < -0.39 is 5.41 Å². The van der Waals surface area contributed by atoms with Crippen LogP contribution < -0.4 is 0 Å². The van der Waals surface area contributed by atoms with Crippen LogP contribution in [0.1, 0.15) is 38.9 Å².